The Labute approximate surface area is 115 Å². The summed E-state index contributed by atoms with van der Waals surface area (Å²) in [6.45, 7) is 2.01. The number of hydrogen-bond acceptors (Lipinski definition) is 2. The van der Waals surface area contributed by atoms with Crippen molar-refractivity contribution in [3.8, 4) is 0 Å². The normalized spacial score (nSPS) is 21.3. The quantitative estimate of drug-likeness (QED) is 0.534. The summed E-state index contributed by atoms with van der Waals surface area (Å²) >= 11 is 0. The smallest absolute Gasteiger partial charge is 0.0495 e. The first-order valence-electron chi connectivity index (χ1n) is 7.67. The molecule has 0 bridgehead atoms. The topological polar surface area (TPSA) is 26.3 Å². The minimum Gasteiger partial charge on any atom is -0.381 e. The van der Waals surface area contributed by atoms with Crippen LogP contribution >= 0.6 is 0 Å². The number of ether oxygens (including phenoxy) is 1. The molecular weight excluding hydrogens is 244 g/mol. The molecule has 0 radical (unpaired) electrons. The monoisotopic (exact) mass is 274 g/mol. The average Bonchev–Trinajstić information content (AvgIpc) is 2.84. The minimum absolute atomic E-state index is 0.589. The molecule has 0 aliphatic carbocycles. The van der Waals surface area contributed by atoms with E-state index >= 15 is 0 Å². The van der Waals surface area contributed by atoms with Gasteiger partial charge in [0.2, 0.25) is 0 Å². The molecule has 1 rings (SSSR count). The minimum atomic E-state index is -0.589. The second-order valence-electron chi connectivity index (χ2n) is 5.62. The van der Waals surface area contributed by atoms with Crippen molar-refractivity contribution >= 4 is 10.8 Å². The Bertz CT molecular complexity index is 213. The van der Waals surface area contributed by atoms with Crippen LogP contribution < -0.4 is 0 Å². The molecule has 0 aromatic carbocycles. The van der Waals surface area contributed by atoms with E-state index in [1.807, 2.05) is 0 Å². The van der Waals surface area contributed by atoms with E-state index in [1.165, 1.54) is 57.8 Å². The summed E-state index contributed by atoms with van der Waals surface area (Å²) in [6, 6.07) is 0. The number of hydrogen-bond donors (Lipinski definition) is 0. The predicted molar refractivity (Wildman–Crippen MR) is 79.4 cm³/mol. The highest BCUT2D eigenvalue weighted by Crippen LogP contribution is 2.20. The van der Waals surface area contributed by atoms with Gasteiger partial charge in [0.25, 0.3) is 0 Å². The zero-order chi connectivity index (χ0) is 13.1. The van der Waals surface area contributed by atoms with E-state index in [-0.39, 0.29) is 0 Å². The Morgan fingerprint density at radius 2 is 1.61 bits per heavy atom. The van der Waals surface area contributed by atoms with Gasteiger partial charge in [-0.15, -0.1) is 0 Å². The third kappa shape index (κ3) is 9.09. The molecular formula is C15H30O2S. The van der Waals surface area contributed by atoms with Crippen LogP contribution in [0.15, 0.2) is 0 Å². The van der Waals surface area contributed by atoms with Gasteiger partial charge in [-0.3, -0.25) is 4.21 Å². The predicted octanol–water partition coefficient (Wildman–Crippen LogP) is 3.91. The standard InChI is InChI=1S/C15H30O2S/c1-18(16)13-9-7-5-3-2-4-6-8-10-15-11-12-17-14-15/h15H,2-14H2,1H3. The lowest BCUT2D eigenvalue weighted by molar-refractivity contribution is 0.183. The van der Waals surface area contributed by atoms with Gasteiger partial charge in [0.15, 0.2) is 0 Å². The molecule has 0 saturated carbocycles. The van der Waals surface area contributed by atoms with E-state index in [0.717, 1.165) is 31.3 Å². The lowest BCUT2D eigenvalue weighted by atomic mass is 9.99. The van der Waals surface area contributed by atoms with Gasteiger partial charge in [0.1, 0.15) is 0 Å². The Hall–Kier alpha value is 0.110. The fraction of sp³-hybridized carbons (Fsp3) is 1.00. The molecule has 0 spiro atoms. The van der Waals surface area contributed by atoms with E-state index in [9.17, 15) is 4.21 Å². The molecule has 3 heteroatoms. The maximum absolute atomic E-state index is 10.9. The maximum Gasteiger partial charge on any atom is 0.0495 e. The van der Waals surface area contributed by atoms with Crippen molar-refractivity contribution in [2.24, 2.45) is 5.92 Å². The highest BCUT2D eigenvalue weighted by atomic mass is 32.2. The van der Waals surface area contributed by atoms with Gasteiger partial charge in [-0.05, 0) is 25.2 Å². The lowest BCUT2D eigenvalue weighted by Crippen LogP contribution is -1.98. The van der Waals surface area contributed by atoms with Crippen LogP contribution in [0.1, 0.15) is 64.2 Å². The molecule has 1 fully saturated rings. The van der Waals surface area contributed by atoms with Crippen LogP contribution in [-0.2, 0) is 15.5 Å². The zero-order valence-corrected chi connectivity index (χ0v) is 12.8. The van der Waals surface area contributed by atoms with E-state index in [0.29, 0.717) is 0 Å². The molecule has 0 aromatic heterocycles. The summed E-state index contributed by atoms with van der Waals surface area (Å²) in [5, 5.41) is 0. The highest BCUT2D eigenvalue weighted by molar-refractivity contribution is 7.84. The summed E-state index contributed by atoms with van der Waals surface area (Å²) < 4.78 is 16.2. The summed E-state index contributed by atoms with van der Waals surface area (Å²) in [4.78, 5) is 0. The van der Waals surface area contributed by atoms with Crippen molar-refractivity contribution in [1.29, 1.82) is 0 Å². The van der Waals surface area contributed by atoms with Crippen molar-refractivity contribution in [2.75, 3.05) is 25.2 Å². The van der Waals surface area contributed by atoms with Crippen LogP contribution in [0.4, 0.5) is 0 Å². The SMILES string of the molecule is CS(=O)CCCCCCCCCCC1CCOC1. The van der Waals surface area contributed by atoms with E-state index in [1.54, 1.807) is 6.26 Å². The Morgan fingerprint density at radius 1 is 1.00 bits per heavy atom. The van der Waals surface area contributed by atoms with E-state index in [4.69, 9.17) is 4.74 Å². The molecule has 108 valence electrons. The number of unbranched alkanes of at least 4 members (excludes halogenated alkanes) is 7. The van der Waals surface area contributed by atoms with Crippen LogP contribution in [0.25, 0.3) is 0 Å². The van der Waals surface area contributed by atoms with Gasteiger partial charge in [0.05, 0.1) is 0 Å². The van der Waals surface area contributed by atoms with Crippen molar-refractivity contribution in [3.05, 3.63) is 0 Å². The highest BCUT2D eigenvalue weighted by Gasteiger charge is 2.14. The van der Waals surface area contributed by atoms with Gasteiger partial charge in [-0.2, -0.15) is 0 Å². The average molecular weight is 274 g/mol. The molecule has 1 saturated heterocycles. The first kappa shape index (κ1) is 16.2. The fourth-order valence-electron chi connectivity index (χ4n) is 2.61. The Morgan fingerprint density at radius 3 is 2.17 bits per heavy atom. The van der Waals surface area contributed by atoms with Crippen molar-refractivity contribution in [2.45, 2.75) is 64.2 Å². The Balaban J connectivity index is 1.72. The Kier molecular flexibility index (Phi) is 9.86. The van der Waals surface area contributed by atoms with Gasteiger partial charge in [-0.25, -0.2) is 0 Å². The van der Waals surface area contributed by atoms with Gasteiger partial charge in [-0.1, -0.05) is 44.9 Å². The second-order valence-corrected chi connectivity index (χ2v) is 7.18. The summed E-state index contributed by atoms with van der Waals surface area (Å²) in [7, 11) is -0.589. The van der Waals surface area contributed by atoms with Crippen molar-refractivity contribution in [3.63, 3.8) is 0 Å². The van der Waals surface area contributed by atoms with Crippen LogP contribution in [0.2, 0.25) is 0 Å². The molecule has 2 unspecified atom stereocenters. The summed E-state index contributed by atoms with van der Waals surface area (Å²) in [6.07, 6.45) is 15.1. The molecule has 0 amide bonds. The van der Waals surface area contributed by atoms with Gasteiger partial charge in [0, 0.05) is 36.0 Å². The molecule has 0 N–H and O–H groups in total. The molecule has 1 aliphatic heterocycles. The largest absolute Gasteiger partial charge is 0.381 e. The first-order valence-corrected chi connectivity index (χ1v) is 9.39. The molecule has 1 heterocycles. The van der Waals surface area contributed by atoms with E-state index in [2.05, 4.69) is 0 Å². The first-order chi connectivity index (χ1) is 8.79. The van der Waals surface area contributed by atoms with Gasteiger partial charge >= 0.3 is 0 Å². The number of rotatable bonds is 11. The molecule has 0 aromatic rings. The third-order valence-electron chi connectivity index (χ3n) is 3.82. The van der Waals surface area contributed by atoms with Crippen molar-refractivity contribution < 1.29 is 8.95 Å². The van der Waals surface area contributed by atoms with Gasteiger partial charge < -0.3 is 4.74 Å². The summed E-state index contributed by atoms with van der Waals surface area (Å²) in [5.41, 5.74) is 0. The maximum atomic E-state index is 10.9. The molecule has 18 heavy (non-hydrogen) atoms. The molecule has 2 nitrogen and oxygen atoms in total. The lowest BCUT2D eigenvalue weighted by Gasteiger charge is -2.06. The van der Waals surface area contributed by atoms with Crippen LogP contribution in [0, 0.1) is 5.92 Å². The van der Waals surface area contributed by atoms with E-state index < -0.39 is 10.8 Å². The van der Waals surface area contributed by atoms with Crippen molar-refractivity contribution in [1.82, 2.24) is 0 Å². The zero-order valence-electron chi connectivity index (χ0n) is 12.0. The van der Waals surface area contributed by atoms with Crippen LogP contribution in [-0.4, -0.2) is 29.4 Å². The molecule has 2 atom stereocenters. The second kappa shape index (κ2) is 11.0. The fourth-order valence-corrected chi connectivity index (χ4v) is 3.22. The summed E-state index contributed by atoms with van der Waals surface area (Å²) in [5.74, 6) is 1.75. The van der Waals surface area contributed by atoms with Crippen LogP contribution in [0.3, 0.4) is 0 Å². The third-order valence-corrected chi connectivity index (χ3v) is 4.68. The van der Waals surface area contributed by atoms with Crippen LogP contribution in [0.5, 0.6) is 0 Å². The molecule has 1 aliphatic rings.